The fourth-order valence-electron chi connectivity index (χ4n) is 1.79. The van der Waals surface area contributed by atoms with Crippen LogP contribution in [-0.2, 0) is 11.2 Å². The molecule has 2 rings (SSSR count). The molecule has 112 valence electrons. The number of rotatable bonds is 5. The smallest absolute Gasteiger partial charge is 0.243 e. The van der Waals surface area contributed by atoms with Crippen molar-refractivity contribution in [3.05, 3.63) is 46.7 Å². The quantitative estimate of drug-likeness (QED) is 0.892. The minimum Gasteiger partial charge on any atom is -0.320 e. The Morgan fingerprint density at radius 3 is 2.90 bits per heavy atom. The van der Waals surface area contributed by atoms with Gasteiger partial charge in [0.25, 0.3) is 0 Å². The van der Waals surface area contributed by atoms with Crippen LogP contribution in [0.25, 0.3) is 0 Å². The molecule has 1 aromatic heterocycles. The van der Waals surface area contributed by atoms with E-state index in [2.05, 4.69) is 10.3 Å². The number of nitrogens with zero attached hydrogens (tertiary/aromatic N) is 1. The third kappa shape index (κ3) is 4.34. The number of amides is 1. The zero-order valence-corrected chi connectivity index (χ0v) is 12.8. The van der Waals surface area contributed by atoms with Crippen molar-refractivity contribution in [3.8, 4) is 0 Å². The van der Waals surface area contributed by atoms with Gasteiger partial charge in [-0.2, -0.15) is 0 Å². The SMILES string of the molecule is CC(C)C(N)C(=O)Nc1ncc(Cc2cccc(F)c2)s1. The van der Waals surface area contributed by atoms with Gasteiger partial charge in [0.2, 0.25) is 5.91 Å². The lowest BCUT2D eigenvalue weighted by Gasteiger charge is -2.13. The number of hydrogen-bond donors (Lipinski definition) is 2. The van der Waals surface area contributed by atoms with Gasteiger partial charge in [-0.25, -0.2) is 9.37 Å². The lowest BCUT2D eigenvalue weighted by molar-refractivity contribution is -0.118. The maximum Gasteiger partial charge on any atom is 0.243 e. The second-order valence-corrected chi connectivity index (χ2v) is 6.31. The number of anilines is 1. The minimum absolute atomic E-state index is 0.0664. The standard InChI is InChI=1S/C15H18FN3OS/c1-9(2)13(17)14(20)19-15-18-8-12(21-15)7-10-4-3-5-11(16)6-10/h3-6,8-9,13H,7,17H2,1-2H3,(H,18,19,20). The van der Waals surface area contributed by atoms with Crippen LogP contribution in [0.2, 0.25) is 0 Å². The molecule has 1 aromatic carbocycles. The Kier molecular flexibility index (Phi) is 5.03. The van der Waals surface area contributed by atoms with Crippen LogP contribution in [0.1, 0.15) is 24.3 Å². The largest absolute Gasteiger partial charge is 0.320 e. The molecule has 0 spiro atoms. The highest BCUT2D eigenvalue weighted by Gasteiger charge is 2.18. The molecule has 0 saturated carbocycles. The minimum atomic E-state index is -0.555. The predicted molar refractivity (Wildman–Crippen MR) is 82.8 cm³/mol. The van der Waals surface area contributed by atoms with Crippen molar-refractivity contribution in [2.45, 2.75) is 26.3 Å². The summed E-state index contributed by atoms with van der Waals surface area (Å²) in [4.78, 5) is 17.0. The Balaban J connectivity index is 2.00. The normalized spacial score (nSPS) is 12.4. The first-order valence-corrected chi connectivity index (χ1v) is 7.53. The summed E-state index contributed by atoms with van der Waals surface area (Å²) in [6.45, 7) is 3.78. The molecule has 1 amide bonds. The van der Waals surface area contributed by atoms with Crippen LogP contribution in [0.5, 0.6) is 0 Å². The van der Waals surface area contributed by atoms with Crippen LogP contribution >= 0.6 is 11.3 Å². The van der Waals surface area contributed by atoms with Crippen LogP contribution in [0, 0.1) is 11.7 Å². The van der Waals surface area contributed by atoms with Crippen molar-refractivity contribution in [2.24, 2.45) is 11.7 Å². The predicted octanol–water partition coefficient (Wildman–Crippen LogP) is 2.79. The molecule has 1 unspecified atom stereocenters. The summed E-state index contributed by atoms with van der Waals surface area (Å²) in [5.41, 5.74) is 6.65. The van der Waals surface area contributed by atoms with Gasteiger partial charge >= 0.3 is 0 Å². The third-order valence-corrected chi connectivity index (χ3v) is 3.98. The Labute approximate surface area is 127 Å². The Hall–Kier alpha value is -1.79. The summed E-state index contributed by atoms with van der Waals surface area (Å²) >= 11 is 1.37. The molecule has 0 radical (unpaired) electrons. The number of aromatic nitrogens is 1. The number of carbonyl (C=O) groups excluding carboxylic acids is 1. The molecule has 6 heteroatoms. The zero-order chi connectivity index (χ0) is 15.4. The second-order valence-electron chi connectivity index (χ2n) is 5.20. The van der Waals surface area contributed by atoms with E-state index in [4.69, 9.17) is 5.73 Å². The Morgan fingerprint density at radius 1 is 1.48 bits per heavy atom. The van der Waals surface area contributed by atoms with Crippen molar-refractivity contribution in [2.75, 3.05) is 5.32 Å². The first kappa shape index (κ1) is 15.6. The molecule has 1 atom stereocenters. The van der Waals surface area contributed by atoms with Crippen molar-refractivity contribution < 1.29 is 9.18 Å². The number of nitrogens with one attached hydrogen (secondary N) is 1. The molecule has 0 saturated heterocycles. The van der Waals surface area contributed by atoms with Crippen LogP contribution in [-0.4, -0.2) is 16.9 Å². The van der Waals surface area contributed by atoms with Gasteiger partial charge < -0.3 is 11.1 Å². The average molecular weight is 307 g/mol. The molecule has 21 heavy (non-hydrogen) atoms. The van der Waals surface area contributed by atoms with Crippen molar-refractivity contribution in [1.29, 1.82) is 0 Å². The van der Waals surface area contributed by atoms with Gasteiger partial charge in [0.05, 0.1) is 6.04 Å². The number of hydrogen-bond acceptors (Lipinski definition) is 4. The van der Waals surface area contributed by atoms with Gasteiger partial charge in [-0.3, -0.25) is 4.79 Å². The molecule has 3 N–H and O–H groups in total. The molecule has 0 bridgehead atoms. The molecule has 2 aromatic rings. The molecule has 0 aliphatic carbocycles. The lowest BCUT2D eigenvalue weighted by Crippen LogP contribution is -2.39. The van der Waals surface area contributed by atoms with E-state index >= 15 is 0 Å². The number of nitrogens with two attached hydrogens (primary N) is 1. The molecule has 0 aliphatic rings. The van der Waals surface area contributed by atoms with E-state index in [1.807, 2.05) is 19.9 Å². The summed E-state index contributed by atoms with van der Waals surface area (Å²) in [5, 5.41) is 3.23. The van der Waals surface area contributed by atoms with Gasteiger partial charge in [0, 0.05) is 17.5 Å². The van der Waals surface area contributed by atoms with Gasteiger partial charge in [-0.15, -0.1) is 11.3 Å². The van der Waals surface area contributed by atoms with Gasteiger partial charge in [0.1, 0.15) is 5.82 Å². The van der Waals surface area contributed by atoms with E-state index in [-0.39, 0.29) is 17.6 Å². The molecular formula is C15H18FN3OS. The number of halogens is 1. The second kappa shape index (κ2) is 6.78. The van der Waals surface area contributed by atoms with Crippen molar-refractivity contribution in [3.63, 3.8) is 0 Å². The number of thiazole rings is 1. The summed E-state index contributed by atoms with van der Waals surface area (Å²) in [6, 6.07) is 5.88. The van der Waals surface area contributed by atoms with E-state index in [0.29, 0.717) is 11.6 Å². The van der Waals surface area contributed by atoms with Crippen molar-refractivity contribution >= 4 is 22.4 Å². The molecule has 0 aliphatic heterocycles. The topological polar surface area (TPSA) is 68.0 Å². The van der Waals surface area contributed by atoms with E-state index in [9.17, 15) is 9.18 Å². The van der Waals surface area contributed by atoms with Crippen molar-refractivity contribution in [1.82, 2.24) is 4.98 Å². The van der Waals surface area contributed by atoms with Crippen LogP contribution < -0.4 is 11.1 Å². The molecule has 4 nitrogen and oxygen atoms in total. The molecule has 0 fully saturated rings. The number of benzene rings is 1. The Morgan fingerprint density at radius 2 is 2.24 bits per heavy atom. The fourth-order valence-corrected chi connectivity index (χ4v) is 2.64. The lowest BCUT2D eigenvalue weighted by atomic mass is 10.1. The fraction of sp³-hybridized carbons (Fsp3) is 0.333. The van der Waals surface area contributed by atoms with E-state index < -0.39 is 6.04 Å². The molecular weight excluding hydrogens is 289 g/mol. The highest BCUT2D eigenvalue weighted by atomic mass is 32.1. The summed E-state index contributed by atoms with van der Waals surface area (Å²) in [6.07, 6.45) is 2.27. The van der Waals surface area contributed by atoms with E-state index in [1.165, 1.54) is 23.5 Å². The summed E-state index contributed by atoms with van der Waals surface area (Å²) < 4.78 is 13.1. The van der Waals surface area contributed by atoms with Crippen LogP contribution in [0.3, 0.4) is 0 Å². The summed E-state index contributed by atoms with van der Waals surface area (Å²) in [5.74, 6) is -0.429. The van der Waals surface area contributed by atoms with Gasteiger partial charge in [-0.05, 0) is 23.6 Å². The van der Waals surface area contributed by atoms with Gasteiger partial charge in [-0.1, -0.05) is 26.0 Å². The third-order valence-electron chi connectivity index (χ3n) is 3.07. The average Bonchev–Trinajstić information content (AvgIpc) is 2.84. The highest BCUT2D eigenvalue weighted by Crippen LogP contribution is 2.21. The first-order chi connectivity index (χ1) is 9.95. The van der Waals surface area contributed by atoms with Crippen LogP contribution in [0.4, 0.5) is 9.52 Å². The highest BCUT2D eigenvalue weighted by molar-refractivity contribution is 7.15. The summed E-state index contributed by atoms with van der Waals surface area (Å²) in [7, 11) is 0. The maximum atomic E-state index is 13.1. The maximum absolute atomic E-state index is 13.1. The van der Waals surface area contributed by atoms with Crippen LogP contribution in [0.15, 0.2) is 30.5 Å². The van der Waals surface area contributed by atoms with E-state index in [0.717, 1.165) is 10.4 Å². The number of carbonyl (C=O) groups is 1. The first-order valence-electron chi connectivity index (χ1n) is 6.71. The Bertz CT molecular complexity index is 627. The molecule has 1 heterocycles. The van der Waals surface area contributed by atoms with Gasteiger partial charge in [0.15, 0.2) is 5.13 Å². The monoisotopic (exact) mass is 307 g/mol. The van der Waals surface area contributed by atoms with E-state index in [1.54, 1.807) is 12.3 Å². The zero-order valence-electron chi connectivity index (χ0n) is 12.0.